The van der Waals surface area contributed by atoms with E-state index in [9.17, 15) is 4.79 Å². The zero-order chi connectivity index (χ0) is 16.9. The Morgan fingerprint density at radius 3 is 2.48 bits per heavy atom. The van der Waals surface area contributed by atoms with Crippen LogP contribution in [0.3, 0.4) is 0 Å². The maximum atomic E-state index is 11.0. The summed E-state index contributed by atoms with van der Waals surface area (Å²) >= 11 is 0. The number of nitrogens with one attached hydrogen (secondary N) is 2. The first kappa shape index (κ1) is 18.8. The van der Waals surface area contributed by atoms with Crippen LogP contribution >= 0.6 is 0 Å². The third kappa shape index (κ3) is 8.70. The number of unbranched alkanes of at least 4 members (excludes halogenated alkanes) is 1. The van der Waals surface area contributed by atoms with Crippen LogP contribution in [0.25, 0.3) is 0 Å². The minimum atomic E-state index is -0.166. The molecule has 0 radical (unpaired) electrons. The summed E-state index contributed by atoms with van der Waals surface area (Å²) in [6.45, 7) is 4.03. The second-order valence-electron chi connectivity index (χ2n) is 5.12. The molecule has 2 N–H and O–H groups in total. The van der Waals surface area contributed by atoms with Crippen molar-refractivity contribution in [1.29, 1.82) is 0 Å². The van der Waals surface area contributed by atoms with E-state index in [1.165, 1.54) is 12.7 Å². The van der Waals surface area contributed by atoms with Crippen LogP contribution in [0.4, 0.5) is 0 Å². The third-order valence-electron chi connectivity index (χ3n) is 3.24. The number of carbonyl (C=O) groups is 1. The molecule has 6 heteroatoms. The number of esters is 1. The Hall–Kier alpha value is -2.24. The Morgan fingerprint density at radius 2 is 1.83 bits per heavy atom. The van der Waals surface area contributed by atoms with Gasteiger partial charge in [-0.05, 0) is 31.9 Å². The van der Waals surface area contributed by atoms with E-state index in [-0.39, 0.29) is 5.97 Å². The molecule has 6 nitrogen and oxygen atoms in total. The number of rotatable bonds is 9. The Bertz CT molecular complexity index is 486. The van der Waals surface area contributed by atoms with Gasteiger partial charge in [0.1, 0.15) is 12.4 Å². The number of methoxy groups -OCH3 is 1. The van der Waals surface area contributed by atoms with Crippen molar-refractivity contribution >= 4 is 11.9 Å². The zero-order valence-electron chi connectivity index (χ0n) is 14.2. The average molecular weight is 321 g/mol. The lowest BCUT2D eigenvalue weighted by atomic mass is 10.2. The van der Waals surface area contributed by atoms with Crippen LogP contribution in [-0.2, 0) is 9.53 Å². The van der Waals surface area contributed by atoms with Crippen LogP contribution in [0, 0.1) is 6.92 Å². The van der Waals surface area contributed by atoms with Gasteiger partial charge in [-0.1, -0.05) is 17.7 Å². The Kier molecular flexibility index (Phi) is 9.28. The smallest absolute Gasteiger partial charge is 0.305 e. The van der Waals surface area contributed by atoms with Gasteiger partial charge >= 0.3 is 5.97 Å². The molecular weight excluding hydrogens is 294 g/mol. The first-order chi connectivity index (χ1) is 11.2. The zero-order valence-corrected chi connectivity index (χ0v) is 14.2. The van der Waals surface area contributed by atoms with Crippen molar-refractivity contribution < 1.29 is 14.3 Å². The highest BCUT2D eigenvalue weighted by molar-refractivity contribution is 5.79. The van der Waals surface area contributed by atoms with Crippen molar-refractivity contribution in [3.05, 3.63) is 29.8 Å². The summed E-state index contributed by atoms with van der Waals surface area (Å²) in [5.74, 6) is 1.43. The van der Waals surface area contributed by atoms with E-state index >= 15 is 0 Å². The highest BCUT2D eigenvalue weighted by Gasteiger charge is 2.00. The third-order valence-corrected chi connectivity index (χ3v) is 3.24. The Balaban J connectivity index is 2.09. The number of aryl methyl sites for hydroxylation is 1. The van der Waals surface area contributed by atoms with Crippen LogP contribution in [0.5, 0.6) is 5.75 Å². The fraction of sp³-hybridized carbons (Fsp3) is 0.529. The van der Waals surface area contributed by atoms with Crippen LogP contribution < -0.4 is 15.4 Å². The number of nitrogens with zero attached hydrogens (tertiary/aromatic N) is 1. The number of hydrogen-bond donors (Lipinski definition) is 2. The normalized spacial score (nSPS) is 11.0. The van der Waals surface area contributed by atoms with Gasteiger partial charge in [0.25, 0.3) is 0 Å². The predicted octanol–water partition coefficient (Wildman–Crippen LogP) is 1.88. The van der Waals surface area contributed by atoms with Crippen molar-refractivity contribution in [2.45, 2.75) is 26.2 Å². The fourth-order valence-corrected chi connectivity index (χ4v) is 1.90. The molecule has 0 aliphatic rings. The highest BCUT2D eigenvalue weighted by Crippen LogP contribution is 2.10. The monoisotopic (exact) mass is 321 g/mol. The molecule has 0 fully saturated rings. The number of benzene rings is 1. The molecule has 0 heterocycles. The SMILES string of the molecule is CN=C(NCCCCC(=O)OC)NCCOc1ccc(C)cc1. The van der Waals surface area contributed by atoms with E-state index in [0.717, 1.165) is 31.1 Å². The Morgan fingerprint density at radius 1 is 1.13 bits per heavy atom. The standard InChI is InChI=1S/C17H27N3O3/c1-14-7-9-15(10-8-14)23-13-12-20-17(18-2)19-11-5-4-6-16(21)22-3/h7-10H,4-6,11-13H2,1-3H3,(H2,18,19,20). The van der Waals surface area contributed by atoms with Gasteiger partial charge in [-0.15, -0.1) is 0 Å². The quantitative estimate of drug-likeness (QED) is 0.314. The number of ether oxygens (including phenoxy) is 2. The van der Waals surface area contributed by atoms with E-state index in [2.05, 4.69) is 20.4 Å². The summed E-state index contributed by atoms with van der Waals surface area (Å²) in [4.78, 5) is 15.1. The first-order valence-corrected chi connectivity index (χ1v) is 7.86. The van der Waals surface area contributed by atoms with Gasteiger partial charge in [0.05, 0.1) is 13.7 Å². The summed E-state index contributed by atoms with van der Waals surface area (Å²) < 4.78 is 10.2. The molecule has 0 amide bonds. The lowest BCUT2D eigenvalue weighted by molar-refractivity contribution is -0.140. The minimum Gasteiger partial charge on any atom is -0.492 e. The Labute approximate surface area is 138 Å². The van der Waals surface area contributed by atoms with Crippen LogP contribution in [0.2, 0.25) is 0 Å². The van der Waals surface area contributed by atoms with Gasteiger partial charge in [-0.25, -0.2) is 0 Å². The van der Waals surface area contributed by atoms with E-state index in [4.69, 9.17) is 4.74 Å². The van der Waals surface area contributed by atoms with Crippen molar-refractivity contribution in [2.75, 3.05) is 33.9 Å². The van der Waals surface area contributed by atoms with Crippen LogP contribution in [0.1, 0.15) is 24.8 Å². The maximum Gasteiger partial charge on any atom is 0.305 e. The summed E-state index contributed by atoms with van der Waals surface area (Å²) in [6.07, 6.45) is 2.14. The molecule has 0 aliphatic heterocycles. The van der Waals surface area contributed by atoms with Crippen molar-refractivity contribution in [1.82, 2.24) is 10.6 Å². The molecule has 0 spiro atoms. The molecule has 0 aromatic heterocycles. The molecule has 1 rings (SSSR count). The molecule has 0 atom stereocenters. The van der Waals surface area contributed by atoms with Crippen molar-refractivity contribution in [2.24, 2.45) is 4.99 Å². The first-order valence-electron chi connectivity index (χ1n) is 7.86. The van der Waals surface area contributed by atoms with Gasteiger partial charge in [-0.3, -0.25) is 9.79 Å². The van der Waals surface area contributed by atoms with E-state index < -0.39 is 0 Å². The maximum absolute atomic E-state index is 11.0. The molecule has 23 heavy (non-hydrogen) atoms. The molecule has 0 aliphatic carbocycles. The topological polar surface area (TPSA) is 72.0 Å². The van der Waals surface area contributed by atoms with E-state index in [1.54, 1.807) is 7.05 Å². The summed E-state index contributed by atoms with van der Waals surface area (Å²) in [5, 5.41) is 6.38. The molecule has 0 saturated carbocycles. The average Bonchev–Trinajstić information content (AvgIpc) is 2.57. The van der Waals surface area contributed by atoms with Crippen LogP contribution in [-0.4, -0.2) is 45.8 Å². The molecule has 0 bridgehead atoms. The highest BCUT2D eigenvalue weighted by atomic mass is 16.5. The number of guanidine groups is 1. The second-order valence-corrected chi connectivity index (χ2v) is 5.12. The minimum absolute atomic E-state index is 0.166. The number of carbonyl (C=O) groups excluding carboxylic acids is 1. The molecule has 1 aromatic carbocycles. The van der Waals surface area contributed by atoms with E-state index in [1.807, 2.05) is 31.2 Å². The lowest BCUT2D eigenvalue weighted by Gasteiger charge is -2.12. The molecule has 0 unspecified atom stereocenters. The summed E-state index contributed by atoms with van der Waals surface area (Å²) in [6, 6.07) is 7.97. The largest absolute Gasteiger partial charge is 0.492 e. The van der Waals surface area contributed by atoms with Gasteiger partial charge < -0.3 is 20.1 Å². The van der Waals surface area contributed by atoms with Gasteiger partial charge in [0.2, 0.25) is 0 Å². The number of hydrogen-bond acceptors (Lipinski definition) is 4. The predicted molar refractivity (Wildman–Crippen MR) is 91.9 cm³/mol. The van der Waals surface area contributed by atoms with Gasteiger partial charge in [-0.2, -0.15) is 0 Å². The number of aliphatic imine (C=N–C) groups is 1. The van der Waals surface area contributed by atoms with Crippen LogP contribution in [0.15, 0.2) is 29.3 Å². The van der Waals surface area contributed by atoms with Crippen molar-refractivity contribution in [3.63, 3.8) is 0 Å². The summed E-state index contributed by atoms with van der Waals surface area (Å²) in [5.41, 5.74) is 1.22. The van der Waals surface area contributed by atoms with Crippen molar-refractivity contribution in [3.8, 4) is 5.75 Å². The summed E-state index contributed by atoms with van der Waals surface area (Å²) in [7, 11) is 3.13. The second kappa shape index (κ2) is 11.3. The molecular formula is C17H27N3O3. The van der Waals surface area contributed by atoms with Gasteiger partial charge in [0, 0.05) is 20.0 Å². The molecule has 128 valence electrons. The fourth-order valence-electron chi connectivity index (χ4n) is 1.90. The van der Waals surface area contributed by atoms with E-state index in [0.29, 0.717) is 19.6 Å². The lowest BCUT2D eigenvalue weighted by Crippen LogP contribution is -2.39. The van der Waals surface area contributed by atoms with Gasteiger partial charge in [0.15, 0.2) is 5.96 Å². The molecule has 0 saturated heterocycles. The molecule has 1 aromatic rings.